The Bertz CT molecular complexity index is 401. The molecule has 1 heterocycles. The van der Waals surface area contributed by atoms with E-state index in [-0.39, 0.29) is 0 Å². The summed E-state index contributed by atoms with van der Waals surface area (Å²) >= 11 is 5.96. The predicted octanol–water partition coefficient (Wildman–Crippen LogP) is 3.72. The minimum atomic E-state index is 0.466. The minimum absolute atomic E-state index is 0.466. The largest absolute Gasteiger partial charge is 0.399 e. The fourth-order valence-electron chi connectivity index (χ4n) is 2.64. The second kappa shape index (κ2) is 4.96. The number of rotatable bonds is 2. The standard InChI is InChI=1S/C14H22ClN3/c1-14(2)6-4-11(5-7-14)18(3)13-9-10(16)8-12(15)17-13/h8-9,11H,4-7H2,1-3H3,(H2,16,17). The molecule has 1 aromatic heterocycles. The number of nitrogens with zero attached hydrogens (tertiary/aromatic N) is 2. The molecule has 1 fully saturated rings. The zero-order valence-corrected chi connectivity index (χ0v) is 12.2. The summed E-state index contributed by atoms with van der Waals surface area (Å²) in [7, 11) is 2.08. The molecule has 0 bridgehead atoms. The zero-order chi connectivity index (χ0) is 13.3. The highest BCUT2D eigenvalue weighted by atomic mass is 35.5. The van der Waals surface area contributed by atoms with E-state index in [1.54, 1.807) is 6.07 Å². The number of aromatic nitrogens is 1. The highest BCUT2D eigenvalue weighted by Gasteiger charge is 2.29. The highest BCUT2D eigenvalue weighted by Crippen LogP contribution is 2.37. The lowest BCUT2D eigenvalue weighted by molar-refractivity contribution is 0.222. The Labute approximate surface area is 114 Å². The number of halogens is 1. The molecule has 0 saturated heterocycles. The first-order chi connectivity index (χ1) is 8.37. The van der Waals surface area contributed by atoms with Crippen molar-refractivity contribution in [3.8, 4) is 0 Å². The number of hydrogen-bond donors (Lipinski definition) is 1. The molecule has 2 rings (SSSR count). The lowest BCUT2D eigenvalue weighted by Crippen LogP contribution is -2.37. The Hall–Kier alpha value is -0.960. The molecule has 100 valence electrons. The van der Waals surface area contributed by atoms with E-state index in [0.717, 1.165) is 5.82 Å². The van der Waals surface area contributed by atoms with Crippen molar-refractivity contribution in [2.24, 2.45) is 5.41 Å². The molecule has 0 amide bonds. The van der Waals surface area contributed by atoms with Gasteiger partial charge >= 0.3 is 0 Å². The van der Waals surface area contributed by atoms with Gasteiger partial charge in [-0.3, -0.25) is 0 Å². The van der Waals surface area contributed by atoms with E-state index in [0.29, 0.717) is 22.3 Å². The summed E-state index contributed by atoms with van der Waals surface area (Å²) in [6.45, 7) is 4.69. The van der Waals surface area contributed by atoms with Gasteiger partial charge in [0.2, 0.25) is 0 Å². The smallest absolute Gasteiger partial charge is 0.133 e. The first-order valence-electron chi connectivity index (χ1n) is 6.53. The molecule has 1 aromatic rings. The normalized spacial score (nSPS) is 19.8. The van der Waals surface area contributed by atoms with Crippen molar-refractivity contribution in [3.63, 3.8) is 0 Å². The van der Waals surface area contributed by atoms with E-state index in [2.05, 4.69) is 30.8 Å². The summed E-state index contributed by atoms with van der Waals surface area (Å²) in [5, 5.41) is 0.466. The molecule has 3 nitrogen and oxygen atoms in total. The molecule has 1 saturated carbocycles. The van der Waals surface area contributed by atoms with Gasteiger partial charge in [-0.25, -0.2) is 4.98 Å². The maximum Gasteiger partial charge on any atom is 0.133 e. The molecular weight excluding hydrogens is 246 g/mol. The van der Waals surface area contributed by atoms with E-state index < -0.39 is 0 Å². The molecule has 18 heavy (non-hydrogen) atoms. The molecule has 0 aromatic carbocycles. The summed E-state index contributed by atoms with van der Waals surface area (Å²) in [5.41, 5.74) is 6.98. The Morgan fingerprint density at radius 3 is 2.50 bits per heavy atom. The zero-order valence-electron chi connectivity index (χ0n) is 11.4. The summed E-state index contributed by atoms with van der Waals surface area (Å²) in [5.74, 6) is 0.879. The van der Waals surface area contributed by atoms with Crippen molar-refractivity contribution < 1.29 is 0 Å². The highest BCUT2D eigenvalue weighted by molar-refractivity contribution is 6.29. The maximum atomic E-state index is 5.96. The molecule has 0 unspecified atom stereocenters. The van der Waals surface area contributed by atoms with E-state index >= 15 is 0 Å². The molecule has 0 aliphatic heterocycles. The third-order valence-electron chi connectivity index (χ3n) is 4.02. The topological polar surface area (TPSA) is 42.1 Å². The SMILES string of the molecule is CN(c1cc(N)cc(Cl)n1)C1CCC(C)(C)CC1. The van der Waals surface area contributed by atoms with Crippen LogP contribution in [0.25, 0.3) is 0 Å². The molecule has 0 spiro atoms. The van der Waals surface area contributed by atoms with Gasteiger partial charge in [0.25, 0.3) is 0 Å². The summed E-state index contributed by atoms with van der Waals surface area (Å²) < 4.78 is 0. The number of nitrogens with two attached hydrogens (primary N) is 1. The van der Waals surface area contributed by atoms with Gasteiger partial charge in [-0.2, -0.15) is 0 Å². The maximum absolute atomic E-state index is 5.96. The lowest BCUT2D eigenvalue weighted by Gasteiger charge is -2.39. The van der Waals surface area contributed by atoms with Crippen LogP contribution in [0.4, 0.5) is 11.5 Å². The molecular formula is C14H22ClN3. The Morgan fingerprint density at radius 2 is 1.94 bits per heavy atom. The Kier molecular flexibility index (Phi) is 3.71. The molecule has 1 aliphatic rings. The van der Waals surface area contributed by atoms with Crippen LogP contribution in [0.3, 0.4) is 0 Å². The third kappa shape index (κ3) is 3.08. The van der Waals surface area contributed by atoms with Crippen LogP contribution in [-0.4, -0.2) is 18.1 Å². The molecule has 0 radical (unpaired) electrons. The van der Waals surface area contributed by atoms with Crippen molar-refractivity contribution in [1.29, 1.82) is 0 Å². The van der Waals surface area contributed by atoms with Crippen molar-refractivity contribution >= 4 is 23.1 Å². The van der Waals surface area contributed by atoms with Gasteiger partial charge in [-0.15, -0.1) is 0 Å². The van der Waals surface area contributed by atoms with Crippen LogP contribution in [0.1, 0.15) is 39.5 Å². The van der Waals surface area contributed by atoms with Gasteiger partial charge in [0.05, 0.1) is 0 Å². The average Bonchev–Trinajstić information content (AvgIpc) is 2.27. The fourth-order valence-corrected chi connectivity index (χ4v) is 2.85. The van der Waals surface area contributed by atoms with Gasteiger partial charge in [0.15, 0.2) is 0 Å². The van der Waals surface area contributed by atoms with Crippen molar-refractivity contribution in [1.82, 2.24) is 4.98 Å². The van der Waals surface area contributed by atoms with E-state index in [4.69, 9.17) is 17.3 Å². The van der Waals surface area contributed by atoms with Crippen molar-refractivity contribution in [3.05, 3.63) is 17.3 Å². The van der Waals surface area contributed by atoms with Crippen LogP contribution in [-0.2, 0) is 0 Å². The summed E-state index contributed by atoms with van der Waals surface area (Å²) in [6.07, 6.45) is 4.94. The van der Waals surface area contributed by atoms with E-state index in [1.807, 2.05) is 6.07 Å². The van der Waals surface area contributed by atoms with Crippen LogP contribution in [0.2, 0.25) is 5.15 Å². The number of hydrogen-bond acceptors (Lipinski definition) is 3. The second-order valence-corrected chi connectivity index (χ2v) is 6.47. The number of anilines is 2. The van der Waals surface area contributed by atoms with E-state index in [1.165, 1.54) is 25.7 Å². The monoisotopic (exact) mass is 267 g/mol. The predicted molar refractivity (Wildman–Crippen MR) is 78.1 cm³/mol. The Morgan fingerprint density at radius 1 is 1.33 bits per heavy atom. The fraction of sp³-hybridized carbons (Fsp3) is 0.643. The van der Waals surface area contributed by atoms with Crippen LogP contribution in [0.15, 0.2) is 12.1 Å². The summed E-state index contributed by atoms with van der Waals surface area (Å²) in [4.78, 5) is 6.58. The molecule has 4 heteroatoms. The van der Waals surface area contributed by atoms with Gasteiger partial charge in [0.1, 0.15) is 11.0 Å². The minimum Gasteiger partial charge on any atom is -0.399 e. The first-order valence-corrected chi connectivity index (χ1v) is 6.91. The molecule has 0 atom stereocenters. The second-order valence-electron chi connectivity index (χ2n) is 6.09. The van der Waals surface area contributed by atoms with Crippen molar-refractivity contribution in [2.75, 3.05) is 17.7 Å². The quantitative estimate of drug-likeness (QED) is 0.831. The lowest BCUT2D eigenvalue weighted by atomic mass is 9.75. The average molecular weight is 268 g/mol. The molecule has 1 aliphatic carbocycles. The van der Waals surface area contributed by atoms with Gasteiger partial charge < -0.3 is 10.6 Å². The van der Waals surface area contributed by atoms with Crippen LogP contribution < -0.4 is 10.6 Å². The van der Waals surface area contributed by atoms with Crippen molar-refractivity contribution in [2.45, 2.75) is 45.6 Å². The van der Waals surface area contributed by atoms with Gasteiger partial charge in [0, 0.05) is 24.8 Å². The third-order valence-corrected chi connectivity index (χ3v) is 4.21. The first kappa shape index (κ1) is 13.5. The number of nitrogen functional groups attached to an aromatic ring is 1. The van der Waals surface area contributed by atoms with Gasteiger partial charge in [-0.1, -0.05) is 25.4 Å². The summed E-state index contributed by atoms with van der Waals surface area (Å²) in [6, 6.07) is 4.12. The van der Waals surface area contributed by atoms with E-state index in [9.17, 15) is 0 Å². The Balaban J connectivity index is 2.09. The van der Waals surface area contributed by atoms with Crippen LogP contribution >= 0.6 is 11.6 Å². The van der Waals surface area contributed by atoms with Gasteiger partial charge in [-0.05, 0) is 37.2 Å². The van der Waals surface area contributed by atoms with Crippen LogP contribution in [0, 0.1) is 5.41 Å². The molecule has 2 N–H and O–H groups in total. The van der Waals surface area contributed by atoms with Crippen LogP contribution in [0.5, 0.6) is 0 Å². The number of pyridine rings is 1.